The van der Waals surface area contributed by atoms with Crippen LogP contribution in [0.25, 0.3) is 20.8 Å². The molecule has 0 saturated heterocycles. The predicted octanol–water partition coefficient (Wildman–Crippen LogP) is 3.02. The molecular formula is C13H13N3OS2. The molecule has 19 heavy (non-hydrogen) atoms. The minimum absolute atomic E-state index is 0.491. The molecule has 2 N–H and O–H groups in total. The van der Waals surface area contributed by atoms with E-state index in [0.717, 1.165) is 26.7 Å². The number of pyridine rings is 1. The van der Waals surface area contributed by atoms with Gasteiger partial charge in [-0.05, 0) is 17.5 Å². The molecule has 0 saturated carbocycles. The van der Waals surface area contributed by atoms with Gasteiger partial charge >= 0.3 is 0 Å². The third kappa shape index (κ3) is 2.40. The second-order valence-corrected chi connectivity index (χ2v) is 6.09. The van der Waals surface area contributed by atoms with Crippen LogP contribution >= 0.6 is 22.7 Å². The predicted molar refractivity (Wildman–Crippen MR) is 79.3 cm³/mol. The van der Waals surface area contributed by atoms with Crippen LogP contribution in [0.2, 0.25) is 0 Å². The van der Waals surface area contributed by atoms with E-state index >= 15 is 0 Å². The second-order valence-electron chi connectivity index (χ2n) is 4.05. The number of aromatic nitrogens is 2. The van der Waals surface area contributed by atoms with E-state index < -0.39 is 0 Å². The number of hydrogen-bond acceptors (Lipinski definition) is 6. The van der Waals surface area contributed by atoms with Crippen LogP contribution in [0.4, 0.5) is 0 Å². The van der Waals surface area contributed by atoms with Gasteiger partial charge in [0.05, 0.1) is 22.5 Å². The number of methoxy groups -OCH3 is 1. The summed E-state index contributed by atoms with van der Waals surface area (Å²) >= 11 is 3.30. The van der Waals surface area contributed by atoms with Crippen molar-refractivity contribution in [3.8, 4) is 10.6 Å². The summed E-state index contributed by atoms with van der Waals surface area (Å²) < 4.78 is 6.33. The Morgan fingerprint density at radius 3 is 3.11 bits per heavy atom. The summed E-state index contributed by atoms with van der Waals surface area (Å²) in [6, 6.07) is 4.15. The van der Waals surface area contributed by atoms with Crippen LogP contribution in [0.3, 0.4) is 0 Å². The zero-order chi connectivity index (χ0) is 13.2. The summed E-state index contributed by atoms with van der Waals surface area (Å²) in [6.45, 7) is 0.989. The van der Waals surface area contributed by atoms with Gasteiger partial charge in [-0.3, -0.25) is 4.98 Å². The van der Waals surface area contributed by atoms with E-state index in [9.17, 15) is 0 Å². The first-order chi connectivity index (χ1) is 9.31. The topological polar surface area (TPSA) is 61.0 Å². The van der Waals surface area contributed by atoms with Crippen molar-refractivity contribution in [3.63, 3.8) is 0 Å². The fourth-order valence-electron chi connectivity index (χ4n) is 1.88. The largest absolute Gasteiger partial charge is 0.378 e. The Morgan fingerprint density at radius 1 is 1.42 bits per heavy atom. The van der Waals surface area contributed by atoms with Gasteiger partial charge in [0.1, 0.15) is 5.01 Å². The molecule has 98 valence electrons. The number of thiazole rings is 1. The third-order valence-electron chi connectivity index (χ3n) is 2.79. The van der Waals surface area contributed by atoms with Crippen LogP contribution in [0.1, 0.15) is 10.6 Å². The normalized spacial score (nSPS) is 11.3. The molecule has 0 unspecified atom stereocenters. The maximum absolute atomic E-state index is 5.75. The van der Waals surface area contributed by atoms with Crippen LogP contribution in [0.15, 0.2) is 23.7 Å². The van der Waals surface area contributed by atoms with Crippen molar-refractivity contribution in [1.29, 1.82) is 0 Å². The first-order valence-electron chi connectivity index (χ1n) is 5.83. The monoisotopic (exact) mass is 291 g/mol. The Hall–Kier alpha value is -1.34. The van der Waals surface area contributed by atoms with Gasteiger partial charge in [-0.25, -0.2) is 4.98 Å². The molecule has 0 aliphatic carbocycles. The van der Waals surface area contributed by atoms with E-state index in [-0.39, 0.29) is 0 Å². The Balaban J connectivity index is 2.04. The molecular weight excluding hydrogens is 278 g/mol. The second kappa shape index (κ2) is 5.34. The summed E-state index contributed by atoms with van der Waals surface area (Å²) in [4.78, 5) is 10.1. The smallest absolute Gasteiger partial charge is 0.125 e. The average molecular weight is 291 g/mol. The van der Waals surface area contributed by atoms with Gasteiger partial charge < -0.3 is 10.5 Å². The molecule has 0 fully saturated rings. The number of fused-ring (bicyclic) bond motifs is 1. The summed E-state index contributed by atoms with van der Waals surface area (Å²) in [5.41, 5.74) is 8.74. The van der Waals surface area contributed by atoms with Gasteiger partial charge in [-0.2, -0.15) is 0 Å². The van der Waals surface area contributed by atoms with E-state index in [2.05, 4.69) is 16.0 Å². The van der Waals surface area contributed by atoms with E-state index in [1.807, 2.05) is 17.6 Å². The highest BCUT2D eigenvalue weighted by Crippen LogP contribution is 2.30. The van der Waals surface area contributed by atoms with Crippen LogP contribution in [0, 0.1) is 0 Å². The van der Waals surface area contributed by atoms with Crippen LogP contribution in [-0.4, -0.2) is 17.1 Å². The lowest BCUT2D eigenvalue weighted by Gasteiger charge is -1.96. The first-order valence-corrected chi connectivity index (χ1v) is 7.52. The highest BCUT2D eigenvalue weighted by atomic mass is 32.1. The zero-order valence-corrected chi connectivity index (χ0v) is 12.1. The lowest BCUT2D eigenvalue weighted by Crippen LogP contribution is -1.99. The van der Waals surface area contributed by atoms with Gasteiger partial charge in [-0.15, -0.1) is 22.7 Å². The Bertz CT molecular complexity index is 705. The fraction of sp³-hybridized carbons (Fsp3) is 0.231. The lowest BCUT2D eigenvalue weighted by atomic mass is 10.3. The molecule has 0 spiro atoms. The van der Waals surface area contributed by atoms with Gasteiger partial charge in [0.15, 0.2) is 0 Å². The molecule has 4 nitrogen and oxygen atoms in total. The van der Waals surface area contributed by atoms with Crippen molar-refractivity contribution in [2.75, 3.05) is 7.11 Å². The number of rotatable bonds is 4. The van der Waals surface area contributed by atoms with Crippen LogP contribution in [-0.2, 0) is 17.9 Å². The van der Waals surface area contributed by atoms with Crippen molar-refractivity contribution in [2.24, 2.45) is 5.73 Å². The molecule has 3 rings (SSSR count). The molecule has 0 aliphatic heterocycles. The zero-order valence-electron chi connectivity index (χ0n) is 10.4. The van der Waals surface area contributed by atoms with Gasteiger partial charge in [-0.1, -0.05) is 0 Å². The van der Waals surface area contributed by atoms with Crippen molar-refractivity contribution in [3.05, 3.63) is 34.3 Å². The Morgan fingerprint density at radius 2 is 2.32 bits per heavy atom. The van der Waals surface area contributed by atoms with E-state index in [1.165, 1.54) is 4.70 Å². The van der Waals surface area contributed by atoms with E-state index in [1.54, 1.807) is 29.8 Å². The molecule has 0 aromatic carbocycles. The molecule has 0 atom stereocenters. The minimum Gasteiger partial charge on any atom is -0.378 e. The SMILES string of the molecule is COCc1nc(-c2cnc3ccsc3c2)sc1CN. The molecule has 3 aromatic rings. The van der Waals surface area contributed by atoms with Crippen molar-refractivity contribution in [1.82, 2.24) is 9.97 Å². The lowest BCUT2D eigenvalue weighted by molar-refractivity contribution is 0.181. The molecule has 0 bridgehead atoms. The number of hydrogen-bond donors (Lipinski definition) is 1. The number of nitrogens with two attached hydrogens (primary N) is 1. The van der Waals surface area contributed by atoms with Gasteiger partial charge in [0.25, 0.3) is 0 Å². The maximum atomic E-state index is 5.75. The molecule has 0 aliphatic rings. The molecule has 6 heteroatoms. The van der Waals surface area contributed by atoms with Crippen molar-refractivity contribution < 1.29 is 4.74 Å². The summed E-state index contributed by atoms with van der Waals surface area (Å²) in [7, 11) is 1.67. The fourth-order valence-corrected chi connectivity index (χ4v) is 3.58. The van der Waals surface area contributed by atoms with Crippen LogP contribution < -0.4 is 5.73 Å². The highest BCUT2D eigenvalue weighted by molar-refractivity contribution is 7.17. The molecule has 3 heterocycles. The minimum atomic E-state index is 0.491. The maximum Gasteiger partial charge on any atom is 0.125 e. The van der Waals surface area contributed by atoms with Crippen molar-refractivity contribution in [2.45, 2.75) is 13.2 Å². The Kier molecular flexibility index (Phi) is 3.56. The summed E-state index contributed by atoms with van der Waals surface area (Å²) in [5, 5.41) is 3.00. The van der Waals surface area contributed by atoms with Crippen molar-refractivity contribution >= 4 is 32.9 Å². The average Bonchev–Trinajstić information content (AvgIpc) is 3.04. The number of nitrogens with zero attached hydrogens (tertiary/aromatic N) is 2. The third-order valence-corrected chi connectivity index (χ3v) is 4.82. The summed E-state index contributed by atoms with van der Waals surface area (Å²) in [5.74, 6) is 0. The number of thiophene rings is 1. The van der Waals surface area contributed by atoms with Gasteiger partial charge in [0, 0.05) is 30.3 Å². The number of ether oxygens (including phenoxy) is 1. The van der Waals surface area contributed by atoms with E-state index in [0.29, 0.717) is 13.2 Å². The first kappa shape index (κ1) is 12.7. The molecule has 0 radical (unpaired) electrons. The quantitative estimate of drug-likeness (QED) is 0.802. The van der Waals surface area contributed by atoms with Gasteiger partial charge in [0.2, 0.25) is 0 Å². The highest BCUT2D eigenvalue weighted by Gasteiger charge is 2.12. The molecule has 3 aromatic heterocycles. The Labute approximate surface area is 118 Å². The van der Waals surface area contributed by atoms with E-state index in [4.69, 9.17) is 10.5 Å². The summed E-state index contributed by atoms with van der Waals surface area (Å²) in [6.07, 6.45) is 1.87. The standard InChI is InChI=1S/C13H13N3OS2/c1-17-7-10-12(5-14)19-13(16-10)8-4-11-9(15-6-8)2-3-18-11/h2-4,6H,5,7,14H2,1H3. The van der Waals surface area contributed by atoms with Crippen LogP contribution in [0.5, 0.6) is 0 Å². The molecule has 0 amide bonds.